The molecule has 0 N–H and O–H groups in total. The first-order valence-electron chi connectivity index (χ1n) is 5.66. The van der Waals surface area contributed by atoms with Crippen LogP contribution < -0.4 is 34.5 Å². The molecule has 2 rings (SSSR count). The van der Waals surface area contributed by atoms with E-state index >= 15 is 0 Å². The summed E-state index contributed by atoms with van der Waals surface area (Å²) in [6, 6.07) is 0. The molecule has 0 atom stereocenters. The average Bonchev–Trinajstić information content (AvgIpc) is 2.35. The quantitative estimate of drug-likeness (QED) is 0.362. The van der Waals surface area contributed by atoms with Gasteiger partial charge in [-0.3, -0.25) is 4.57 Å². The Morgan fingerprint density at radius 3 is 1.00 bits per heavy atom. The summed E-state index contributed by atoms with van der Waals surface area (Å²) >= 11 is 0. The average molecular weight is 250 g/mol. The Hall–Kier alpha value is 0.540. The van der Waals surface area contributed by atoms with Gasteiger partial charge in [0.15, 0.2) is 0 Å². The van der Waals surface area contributed by atoms with Crippen LogP contribution in [0.4, 0.5) is 0 Å². The third-order valence-corrected chi connectivity index (χ3v) is 2.32. The van der Waals surface area contributed by atoms with Crippen LogP contribution in [0.2, 0.25) is 0 Å². The van der Waals surface area contributed by atoms with E-state index in [-0.39, 0.29) is 29.6 Å². The normalized spacial score (nSPS) is 17.3. The molecule has 0 saturated heterocycles. The van der Waals surface area contributed by atoms with Crippen LogP contribution in [0.5, 0.6) is 0 Å². The maximum atomic E-state index is 8.35. The molecule has 2 nitrogen and oxygen atoms in total. The molecule has 0 unspecified atom stereocenters. The van der Waals surface area contributed by atoms with Gasteiger partial charge in [0.25, 0.3) is 0 Å². The summed E-state index contributed by atoms with van der Waals surface area (Å²) < 4.78 is 8.35. The summed E-state index contributed by atoms with van der Waals surface area (Å²) in [5.74, 6) is 0. The molecule has 0 aromatic rings. The molecule has 16 heavy (non-hydrogen) atoms. The number of allylic oxidation sites excluding steroid dienone is 4. The van der Waals surface area contributed by atoms with E-state index in [1.54, 1.807) is 0 Å². The third kappa shape index (κ3) is 17.0. The Bertz CT molecular complexity index is 159. The van der Waals surface area contributed by atoms with Crippen LogP contribution in [0.1, 0.15) is 51.4 Å². The third-order valence-electron chi connectivity index (χ3n) is 2.32. The van der Waals surface area contributed by atoms with Crippen molar-refractivity contribution in [2.75, 3.05) is 0 Å². The zero-order valence-corrected chi connectivity index (χ0v) is 13.1. The Balaban J connectivity index is 0. The fourth-order valence-corrected chi connectivity index (χ4v) is 1.52. The van der Waals surface area contributed by atoms with Gasteiger partial charge in [-0.05, 0) is 51.4 Å². The first kappa shape index (κ1) is 18.9. The molecule has 0 aromatic heterocycles. The summed E-state index contributed by atoms with van der Waals surface area (Å²) in [6.45, 7) is 0. The fourth-order valence-electron chi connectivity index (χ4n) is 1.52. The molecule has 0 saturated carbocycles. The van der Waals surface area contributed by atoms with Gasteiger partial charge in [-0.1, -0.05) is 24.3 Å². The van der Waals surface area contributed by atoms with Crippen molar-refractivity contribution in [3.63, 3.8) is 0 Å². The van der Waals surface area contributed by atoms with E-state index in [1.807, 2.05) is 0 Å². The number of hydrogen-bond donors (Lipinski definition) is 0. The molecular formula is C12H20NaO2P. The minimum Gasteiger partial charge on any atom is -0.772 e. The summed E-state index contributed by atoms with van der Waals surface area (Å²) in [5.41, 5.74) is 0. The summed E-state index contributed by atoms with van der Waals surface area (Å²) in [6.07, 6.45) is 20.0. The molecule has 0 aromatic carbocycles. The molecule has 0 amide bonds. The molecule has 0 heterocycles. The molecule has 0 radical (unpaired) electrons. The first-order valence-corrected chi connectivity index (χ1v) is 6.40. The van der Waals surface area contributed by atoms with Crippen molar-refractivity contribution >= 4 is 8.69 Å². The van der Waals surface area contributed by atoms with Crippen molar-refractivity contribution < 1.29 is 39.0 Å². The van der Waals surface area contributed by atoms with Crippen LogP contribution >= 0.6 is 8.69 Å². The van der Waals surface area contributed by atoms with E-state index in [2.05, 4.69) is 24.3 Å². The van der Waals surface area contributed by atoms with E-state index in [4.69, 9.17) is 9.46 Å². The smallest absolute Gasteiger partial charge is 0.772 e. The van der Waals surface area contributed by atoms with Gasteiger partial charge in [-0.2, -0.15) is 0 Å². The predicted molar refractivity (Wildman–Crippen MR) is 62.8 cm³/mol. The summed E-state index contributed by atoms with van der Waals surface area (Å²) in [5, 5.41) is 0. The zero-order chi connectivity index (χ0) is 11.2. The second kappa shape index (κ2) is 17.9. The maximum absolute atomic E-state index is 8.35. The SMILES string of the molecule is C1=CCCCC1.C1=CCCCC1.O=P[O-].[Na+]. The van der Waals surface area contributed by atoms with Crippen LogP contribution in [-0.4, -0.2) is 0 Å². The Kier molecular flexibility index (Phi) is 21.2. The fraction of sp³-hybridized carbons (Fsp3) is 0.667. The van der Waals surface area contributed by atoms with Gasteiger partial charge in [-0.15, -0.1) is 0 Å². The molecule has 2 aliphatic carbocycles. The van der Waals surface area contributed by atoms with Gasteiger partial charge in [0.05, 0.1) is 8.69 Å². The van der Waals surface area contributed by atoms with Crippen LogP contribution in [0.15, 0.2) is 24.3 Å². The summed E-state index contributed by atoms with van der Waals surface area (Å²) in [4.78, 5) is 8.35. The standard InChI is InChI=1S/2C6H10.Na.HO2P/c2*1-2-4-6-5-3-1;;1-3-2/h2*1-2H,3-6H2;;(H,1,2)/q;;+1;/p-1. The van der Waals surface area contributed by atoms with E-state index in [1.165, 1.54) is 51.4 Å². The Labute approximate surface area is 123 Å². The van der Waals surface area contributed by atoms with Crippen LogP contribution in [0.3, 0.4) is 0 Å². The molecule has 0 aliphatic heterocycles. The number of rotatable bonds is 0. The second-order valence-electron chi connectivity index (χ2n) is 3.59. The maximum Gasteiger partial charge on any atom is 1.00 e. The minimum atomic E-state index is -1.08. The molecule has 2 aliphatic rings. The Morgan fingerprint density at radius 1 is 0.750 bits per heavy atom. The van der Waals surface area contributed by atoms with Crippen molar-refractivity contribution in [2.45, 2.75) is 51.4 Å². The van der Waals surface area contributed by atoms with Gasteiger partial charge in [0.2, 0.25) is 0 Å². The zero-order valence-electron chi connectivity index (χ0n) is 10.2. The topological polar surface area (TPSA) is 40.1 Å². The minimum absolute atomic E-state index is 0. The van der Waals surface area contributed by atoms with E-state index < -0.39 is 8.69 Å². The van der Waals surface area contributed by atoms with Crippen molar-refractivity contribution in [3.8, 4) is 0 Å². The van der Waals surface area contributed by atoms with Crippen LogP contribution in [0, 0.1) is 0 Å². The molecular weight excluding hydrogens is 230 g/mol. The molecule has 86 valence electrons. The number of hydrogen-bond acceptors (Lipinski definition) is 2. The van der Waals surface area contributed by atoms with E-state index in [0.717, 1.165) is 0 Å². The van der Waals surface area contributed by atoms with Gasteiger partial charge in [-0.25, -0.2) is 0 Å². The van der Waals surface area contributed by atoms with Gasteiger partial charge < -0.3 is 4.89 Å². The second-order valence-corrected chi connectivity index (χ2v) is 3.74. The first-order chi connectivity index (χ1) is 7.41. The molecule has 0 spiro atoms. The van der Waals surface area contributed by atoms with Crippen molar-refractivity contribution in [1.82, 2.24) is 0 Å². The molecule has 0 fully saturated rings. The van der Waals surface area contributed by atoms with Crippen molar-refractivity contribution in [2.24, 2.45) is 0 Å². The summed E-state index contributed by atoms with van der Waals surface area (Å²) in [7, 11) is -1.08. The molecule has 4 heteroatoms. The van der Waals surface area contributed by atoms with Crippen LogP contribution in [0.25, 0.3) is 0 Å². The predicted octanol–water partition coefficient (Wildman–Crippen LogP) is 0.791. The van der Waals surface area contributed by atoms with Gasteiger partial charge >= 0.3 is 29.6 Å². The monoisotopic (exact) mass is 250 g/mol. The van der Waals surface area contributed by atoms with Crippen molar-refractivity contribution in [1.29, 1.82) is 0 Å². The van der Waals surface area contributed by atoms with E-state index in [9.17, 15) is 0 Å². The van der Waals surface area contributed by atoms with E-state index in [0.29, 0.717) is 0 Å². The van der Waals surface area contributed by atoms with Crippen molar-refractivity contribution in [3.05, 3.63) is 24.3 Å². The largest absolute Gasteiger partial charge is 1.00 e. The van der Waals surface area contributed by atoms with Gasteiger partial charge in [0.1, 0.15) is 0 Å². The van der Waals surface area contributed by atoms with Gasteiger partial charge in [0, 0.05) is 0 Å². The Morgan fingerprint density at radius 2 is 0.938 bits per heavy atom. The van der Waals surface area contributed by atoms with Crippen LogP contribution in [-0.2, 0) is 4.57 Å². The molecule has 0 bridgehead atoms.